The van der Waals surface area contributed by atoms with Gasteiger partial charge in [-0.25, -0.2) is 13.2 Å². The number of nitrogens with zero attached hydrogens (tertiary/aromatic N) is 1. The summed E-state index contributed by atoms with van der Waals surface area (Å²) in [6.45, 7) is 2.58. The van der Waals surface area contributed by atoms with Crippen LogP contribution in [0.2, 0.25) is 0 Å². The highest BCUT2D eigenvalue weighted by Gasteiger charge is 2.58. The van der Waals surface area contributed by atoms with Crippen LogP contribution >= 0.6 is 0 Å². The molecule has 0 saturated carbocycles. The molecular formula is C21H21F4N3O4. The van der Waals surface area contributed by atoms with Crippen LogP contribution in [-0.4, -0.2) is 42.0 Å². The molecule has 1 aliphatic rings. The highest BCUT2D eigenvalue weighted by molar-refractivity contribution is 5.97. The van der Waals surface area contributed by atoms with Gasteiger partial charge in [0.05, 0.1) is 7.11 Å². The number of primary amides is 1. The summed E-state index contributed by atoms with van der Waals surface area (Å²) < 4.78 is 66.4. The van der Waals surface area contributed by atoms with Crippen LogP contribution in [0.1, 0.15) is 35.8 Å². The zero-order valence-electron chi connectivity index (χ0n) is 17.4. The van der Waals surface area contributed by atoms with E-state index in [1.54, 1.807) is 0 Å². The van der Waals surface area contributed by atoms with Gasteiger partial charge in [0, 0.05) is 29.3 Å². The van der Waals surface area contributed by atoms with Crippen LogP contribution in [0.5, 0.6) is 5.75 Å². The lowest BCUT2D eigenvalue weighted by atomic mass is 9.77. The van der Waals surface area contributed by atoms with E-state index in [1.165, 1.54) is 31.3 Å². The van der Waals surface area contributed by atoms with E-state index >= 15 is 0 Å². The van der Waals surface area contributed by atoms with Crippen molar-refractivity contribution in [2.45, 2.75) is 37.9 Å². The third-order valence-corrected chi connectivity index (χ3v) is 5.77. The van der Waals surface area contributed by atoms with Gasteiger partial charge in [-0.2, -0.15) is 4.39 Å². The topological polar surface area (TPSA) is 104 Å². The molecule has 1 aliphatic heterocycles. The molecule has 4 atom stereocenters. The number of nitrogens with two attached hydrogens (primary N) is 1. The minimum atomic E-state index is -2.98. The molecule has 3 N–H and O–H groups in total. The lowest BCUT2D eigenvalue weighted by molar-refractivity contribution is -0.151. The lowest BCUT2D eigenvalue weighted by Gasteiger charge is -2.28. The molecule has 0 aliphatic carbocycles. The average Bonchev–Trinajstić information content (AvgIpc) is 3.02. The van der Waals surface area contributed by atoms with Crippen LogP contribution in [0.3, 0.4) is 0 Å². The summed E-state index contributed by atoms with van der Waals surface area (Å²) >= 11 is 0. The summed E-state index contributed by atoms with van der Waals surface area (Å²) in [6.07, 6.45) is -3.25. The molecular weight excluding hydrogens is 434 g/mol. The second kappa shape index (κ2) is 8.73. The number of pyridine rings is 1. The third-order valence-electron chi connectivity index (χ3n) is 5.77. The van der Waals surface area contributed by atoms with E-state index in [9.17, 15) is 27.2 Å². The Bertz CT molecular complexity index is 1050. The molecule has 172 valence electrons. The van der Waals surface area contributed by atoms with Gasteiger partial charge in [0.1, 0.15) is 17.4 Å². The van der Waals surface area contributed by atoms with E-state index in [0.717, 1.165) is 20.1 Å². The smallest absolute Gasteiger partial charge is 0.267 e. The highest BCUT2D eigenvalue weighted by Crippen LogP contribution is 2.51. The van der Waals surface area contributed by atoms with E-state index in [4.69, 9.17) is 15.2 Å². The van der Waals surface area contributed by atoms with Gasteiger partial charge in [-0.3, -0.25) is 14.6 Å². The van der Waals surface area contributed by atoms with Gasteiger partial charge in [-0.15, -0.1) is 0 Å². The van der Waals surface area contributed by atoms with Gasteiger partial charge >= 0.3 is 0 Å². The Morgan fingerprint density at radius 2 is 1.97 bits per heavy atom. The molecule has 7 nitrogen and oxygen atoms in total. The summed E-state index contributed by atoms with van der Waals surface area (Å²) in [5.74, 6) is -6.75. The zero-order valence-corrected chi connectivity index (χ0v) is 17.4. The van der Waals surface area contributed by atoms with E-state index in [0.29, 0.717) is 0 Å². The Morgan fingerprint density at radius 3 is 2.56 bits per heavy atom. The molecule has 3 rings (SSSR count). The largest absolute Gasteiger partial charge is 0.493 e. The van der Waals surface area contributed by atoms with Crippen LogP contribution in [0.25, 0.3) is 0 Å². The van der Waals surface area contributed by atoms with Crippen molar-refractivity contribution in [2.75, 3.05) is 12.4 Å². The number of alkyl halides is 2. The Hall–Kier alpha value is -3.21. The molecule has 2 aromatic rings. The Morgan fingerprint density at radius 1 is 1.28 bits per heavy atom. The Balaban J connectivity index is 2.04. The number of aromatic nitrogens is 1. The fraction of sp³-hybridized carbons (Fsp3) is 0.381. The van der Waals surface area contributed by atoms with Gasteiger partial charge in [0.25, 0.3) is 18.2 Å². The number of hydrogen-bond donors (Lipinski definition) is 2. The lowest BCUT2D eigenvalue weighted by Crippen LogP contribution is -2.40. The number of anilines is 1. The molecule has 1 aromatic heterocycles. The zero-order chi connectivity index (χ0) is 23.8. The van der Waals surface area contributed by atoms with Crippen LogP contribution in [0.15, 0.2) is 30.5 Å². The number of benzene rings is 1. The highest BCUT2D eigenvalue weighted by atomic mass is 19.3. The molecule has 0 radical (unpaired) electrons. The Labute approximate surface area is 180 Å². The van der Waals surface area contributed by atoms with Gasteiger partial charge in [0.2, 0.25) is 5.82 Å². The van der Waals surface area contributed by atoms with Crippen molar-refractivity contribution in [1.82, 2.24) is 4.98 Å². The molecule has 1 saturated heterocycles. The predicted octanol–water partition coefficient (Wildman–Crippen LogP) is 3.25. The number of carbonyl (C=O) groups excluding carboxylic acids is 2. The van der Waals surface area contributed by atoms with Gasteiger partial charge < -0.3 is 20.5 Å². The van der Waals surface area contributed by atoms with Crippen LogP contribution in [0, 0.1) is 17.6 Å². The molecule has 11 heteroatoms. The quantitative estimate of drug-likeness (QED) is 0.651. The number of hydrogen-bond acceptors (Lipinski definition) is 5. The molecule has 2 amide bonds. The maximum Gasteiger partial charge on any atom is 0.267 e. The number of methoxy groups -OCH3 is 1. The normalized spacial score (nSPS) is 25.1. The second-order valence-corrected chi connectivity index (χ2v) is 7.60. The first kappa shape index (κ1) is 23.5. The Kier molecular flexibility index (Phi) is 6.40. The molecule has 1 aromatic carbocycles. The average molecular weight is 455 g/mol. The summed E-state index contributed by atoms with van der Waals surface area (Å²) in [6, 6.07) is 4.58. The first-order valence-electron chi connectivity index (χ1n) is 9.55. The number of ether oxygens (including phenoxy) is 2. The SMILES string of the molecule is COc1c([C@@H]2[C@H](C(=O)Nc3ccnc(C(N)=O)c3)O[C@](C)(C(F)F)[C@H]2C)ccc(F)c1F. The van der Waals surface area contributed by atoms with Crippen molar-refractivity contribution < 1.29 is 36.6 Å². The van der Waals surface area contributed by atoms with E-state index in [1.807, 2.05) is 0 Å². The van der Waals surface area contributed by atoms with Crippen molar-refractivity contribution in [3.63, 3.8) is 0 Å². The molecule has 2 heterocycles. The number of rotatable bonds is 6. The van der Waals surface area contributed by atoms with Crippen molar-refractivity contribution >= 4 is 17.5 Å². The summed E-state index contributed by atoms with van der Waals surface area (Å²) in [5, 5.41) is 2.47. The van der Waals surface area contributed by atoms with Gasteiger partial charge in [-0.1, -0.05) is 13.0 Å². The minimum absolute atomic E-state index is 0.0102. The number of carbonyl (C=O) groups is 2. The first-order valence-corrected chi connectivity index (χ1v) is 9.55. The van der Waals surface area contributed by atoms with E-state index < -0.39 is 59.2 Å². The summed E-state index contributed by atoms with van der Waals surface area (Å²) in [5.41, 5.74) is 3.13. The molecule has 1 fully saturated rings. The van der Waals surface area contributed by atoms with Gasteiger partial charge in [0.15, 0.2) is 11.6 Å². The van der Waals surface area contributed by atoms with Crippen molar-refractivity contribution in [2.24, 2.45) is 11.7 Å². The molecule has 0 spiro atoms. The maximum atomic E-state index is 14.3. The summed E-state index contributed by atoms with van der Waals surface area (Å²) in [4.78, 5) is 28.1. The third kappa shape index (κ3) is 3.99. The van der Waals surface area contributed by atoms with Gasteiger partial charge in [-0.05, 0) is 25.1 Å². The maximum absolute atomic E-state index is 14.3. The van der Waals surface area contributed by atoms with Crippen LogP contribution < -0.4 is 15.8 Å². The van der Waals surface area contributed by atoms with E-state index in [2.05, 4.69) is 10.3 Å². The molecule has 0 unspecified atom stereocenters. The molecule has 32 heavy (non-hydrogen) atoms. The van der Waals surface area contributed by atoms with Crippen LogP contribution in [-0.2, 0) is 9.53 Å². The fourth-order valence-electron chi connectivity index (χ4n) is 3.85. The van der Waals surface area contributed by atoms with Crippen LogP contribution in [0.4, 0.5) is 23.2 Å². The number of halogens is 4. The minimum Gasteiger partial charge on any atom is -0.493 e. The van der Waals surface area contributed by atoms with Crippen molar-refractivity contribution in [1.29, 1.82) is 0 Å². The fourth-order valence-corrected chi connectivity index (χ4v) is 3.85. The first-order chi connectivity index (χ1) is 15.0. The van der Waals surface area contributed by atoms with E-state index in [-0.39, 0.29) is 16.9 Å². The molecule has 0 bridgehead atoms. The summed E-state index contributed by atoms with van der Waals surface area (Å²) in [7, 11) is 1.10. The predicted molar refractivity (Wildman–Crippen MR) is 105 cm³/mol. The van der Waals surface area contributed by atoms with Crippen molar-refractivity contribution in [3.8, 4) is 5.75 Å². The monoisotopic (exact) mass is 455 g/mol. The van der Waals surface area contributed by atoms with Crippen molar-refractivity contribution in [3.05, 3.63) is 53.4 Å². The second-order valence-electron chi connectivity index (χ2n) is 7.60. The number of amides is 2. The standard InChI is InChI=1S/C21H21F4N3O4/c1-9-14(11-4-5-12(22)15(23)16(11)31-3)17(32-21(9,2)20(24)25)19(30)28-10-6-7-27-13(8-10)18(26)29/h4-9,14,17,20H,1-3H3,(H2,26,29)(H,27,28,30)/t9-,14+,17+,21-/m0/s1. The number of nitrogens with one attached hydrogen (secondary N) is 1.